The summed E-state index contributed by atoms with van der Waals surface area (Å²) in [4.78, 5) is 4.21. The maximum atomic E-state index is 6.30. The molecule has 18 heavy (non-hydrogen) atoms. The molecule has 0 aliphatic rings. The van der Waals surface area contributed by atoms with Crippen molar-refractivity contribution in [1.82, 2.24) is 4.98 Å². The van der Waals surface area contributed by atoms with Gasteiger partial charge in [-0.1, -0.05) is 45.6 Å². The van der Waals surface area contributed by atoms with Gasteiger partial charge >= 0.3 is 0 Å². The van der Waals surface area contributed by atoms with Crippen LogP contribution in [0, 0.1) is 5.92 Å². The van der Waals surface area contributed by atoms with Crippen LogP contribution in [0.5, 0.6) is 5.88 Å². The predicted octanol–water partition coefficient (Wildman–Crippen LogP) is 3.70. The van der Waals surface area contributed by atoms with Crippen LogP contribution < -0.4 is 10.5 Å². The van der Waals surface area contributed by atoms with Crippen molar-refractivity contribution in [3.05, 3.63) is 23.9 Å². The highest BCUT2D eigenvalue weighted by molar-refractivity contribution is 5.28. The molecule has 0 spiro atoms. The van der Waals surface area contributed by atoms with E-state index < -0.39 is 0 Å². The van der Waals surface area contributed by atoms with E-state index in [1.807, 2.05) is 12.1 Å². The molecule has 0 amide bonds. The number of rotatable bonds is 8. The van der Waals surface area contributed by atoms with Crippen LogP contribution >= 0.6 is 0 Å². The SMILES string of the molecule is CCCCC(CC)CC(N)c1cccnc1OC. The minimum absolute atomic E-state index is 0.0236. The van der Waals surface area contributed by atoms with E-state index in [0.29, 0.717) is 11.8 Å². The molecule has 2 unspecified atom stereocenters. The zero-order valence-corrected chi connectivity index (χ0v) is 11.9. The van der Waals surface area contributed by atoms with Gasteiger partial charge in [-0.3, -0.25) is 0 Å². The van der Waals surface area contributed by atoms with E-state index in [9.17, 15) is 0 Å². The van der Waals surface area contributed by atoms with Crippen molar-refractivity contribution in [2.24, 2.45) is 11.7 Å². The number of nitrogens with zero attached hydrogens (tertiary/aromatic N) is 1. The average molecular weight is 250 g/mol. The average Bonchev–Trinajstić information content (AvgIpc) is 2.43. The van der Waals surface area contributed by atoms with Crippen molar-refractivity contribution in [2.75, 3.05) is 7.11 Å². The number of unbranched alkanes of at least 4 members (excludes halogenated alkanes) is 1. The topological polar surface area (TPSA) is 48.1 Å². The predicted molar refractivity (Wildman–Crippen MR) is 75.6 cm³/mol. The van der Waals surface area contributed by atoms with E-state index in [0.717, 1.165) is 12.0 Å². The van der Waals surface area contributed by atoms with Crippen molar-refractivity contribution in [2.45, 2.75) is 52.0 Å². The number of pyridine rings is 1. The van der Waals surface area contributed by atoms with Crippen molar-refractivity contribution >= 4 is 0 Å². The zero-order valence-electron chi connectivity index (χ0n) is 11.9. The highest BCUT2D eigenvalue weighted by atomic mass is 16.5. The van der Waals surface area contributed by atoms with Gasteiger partial charge in [0.2, 0.25) is 5.88 Å². The molecule has 102 valence electrons. The molecule has 0 radical (unpaired) electrons. The Bertz CT molecular complexity index is 341. The summed E-state index contributed by atoms with van der Waals surface area (Å²) in [5.74, 6) is 1.36. The summed E-state index contributed by atoms with van der Waals surface area (Å²) in [6.07, 6.45) is 7.75. The number of hydrogen-bond donors (Lipinski definition) is 1. The molecular formula is C15H26N2O. The lowest BCUT2D eigenvalue weighted by Crippen LogP contribution is -2.16. The Labute approximate surface area is 111 Å². The van der Waals surface area contributed by atoms with Gasteiger partial charge in [0.15, 0.2) is 0 Å². The molecule has 0 aliphatic carbocycles. The van der Waals surface area contributed by atoms with E-state index in [1.165, 1.54) is 25.7 Å². The quantitative estimate of drug-likeness (QED) is 0.765. The fraction of sp³-hybridized carbons (Fsp3) is 0.667. The van der Waals surface area contributed by atoms with Crippen LogP contribution in [-0.2, 0) is 0 Å². The molecule has 2 N–H and O–H groups in total. The van der Waals surface area contributed by atoms with Gasteiger partial charge in [-0.25, -0.2) is 4.98 Å². The number of ether oxygens (including phenoxy) is 1. The minimum Gasteiger partial charge on any atom is -0.481 e. The molecule has 2 atom stereocenters. The lowest BCUT2D eigenvalue weighted by molar-refractivity contribution is 0.363. The summed E-state index contributed by atoms with van der Waals surface area (Å²) in [5, 5.41) is 0. The van der Waals surface area contributed by atoms with Gasteiger partial charge < -0.3 is 10.5 Å². The Kier molecular flexibility index (Phi) is 6.73. The first-order chi connectivity index (χ1) is 8.72. The zero-order chi connectivity index (χ0) is 13.4. The lowest BCUT2D eigenvalue weighted by Gasteiger charge is -2.20. The van der Waals surface area contributed by atoms with Gasteiger partial charge in [0, 0.05) is 17.8 Å². The van der Waals surface area contributed by atoms with Crippen LogP contribution in [0.3, 0.4) is 0 Å². The van der Waals surface area contributed by atoms with Crippen LogP contribution in [0.4, 0.5) is 0 Å². The first-order valence-electron chi connectivity index (χ1n) is 6.97. The van der Waals surface area contributed by atoms with Gasteiger partial charge in [-0.2, -0.15) is 0 Å². The Balaban J connectivity index is 2.65. The van der Waals surface area contributed by atoms with Crippen molar-refractivity contribution in [1.29, 1.82) is 0 Å². The molecule has 1 heterocycles. The van der Waals surface area contributed by atoms with E-state index in [-0.39, 0.29) is 6.04 Å². The number of nitrogens with two attached hydrogens (primary N) is 1. The molecule has 1 aromatic rings. The highest BCUT2D eigenvalue weighted by Crippen LogP contribution is 2.28. The number of hydrogen-bond acceptors (Lipinski definition) is 3. The minimum atomic E-state index is 0.0236. The van der Waals surface area contributed by atoms with Crippen molar-refractivity contribution in [3.8, 4) is 5.88 Å². The molecule has 3 heteroatoms. The van der Waals surface area contributed by atoms with Gasteiger partial charge in [0.05, 0.1) is 7.11 Å². The molecule has 1 aromatic heterocycles. The fourth-order valence-corrected chi connectivity index (χ4v) is 2.32. The molecular weight excluding hydrogens is 224 g/mol. The maximum absolute atomic E-state index is 6.30. The van der Waals surface area contributed by atoms with E-state index in [1.54, 1.807) is 13.3 Å². The van der Waals surface area contributed by atoms with Crippen LogP contribution in [0.15, 0.2) is 18.3 Å². The molecule has 3 nitrogen and oxygen atoms in total. The van der Waals surface area contributed by atoms with Gasteiger partial charge in [0.25, 0.3) is 0 Å². The molecule has 0 aliphatic heterocycles. The normalized spacial score (nSPS) is 14.2. The second-order valence-corrected chi connectivity index (χ2v) is 4.86. The maximum Gasteiger partial charge on any atom is 0.217 e. The number of methoxy groups -OCH3 is 1. The molecule has 0 saturated heterocycles. The molecule has 0 fully saturated rings. The third-order valence-corrected chi connectivity index (χ3v) is 3.52. The van der Waals surface area contributed by atoms with Crippen LogP contribution in [0.2, 0.25) is 0 Å². The highest BCUT2D eigenvalue weighted by Gasteiger charge is 2.17. The Morgan fingerprint density at radius 3 is 2.78 bits per heavy atom. The Hall–Kier alpha value is -1.09. The standard InChI is InChI=1S/C15H26N2O/c1-4-6-8-12(5-2)11-14(16)13-9-7-10-17-15(13)18-3/h7,9-10,12,14H,4-6,8,11,16H2,1-3H3. The van der Waals surface area contributed by atoms with E-state index >= 15 is 0 Å². The smallest absolute Gasteiger partial charge is 0.217 e. The Morgan fingerprint density at radius 1 is 1.39 bits per heavy atom. The number of aromatic nitrogens is 1. The van der Waals surface area contributed by atoms with Crippen molar-refractivity contribution < 1.29 is 4.74 Å². The van der Waals surface area contributed by atoms with E-state index in [4.69, 9.17) is 10.5 Å². The summed E-state index contributed by atoms with van der Waals surface area (Å²) >= 11 is 0. The Morgan fingerprint density at radius 2 is 2.17 bits per heavy atom. The molecule has 1 rings (SSSR count). The second-order valence-electron chi connectivity index (χ2n) is 4.86. The van der Waals surface area contributed by atoms with Crippen molar-refractivity contribution in [3.63, 3.8) is 0 Å². The van der Waals surface area contributed by atoms with Gasteiger partial charge in [-0.05, 0) is 18.4 Å². The van der Waals surface area contributed by atoms with Crippen LogP contribution in [0.1, 0.15) is 57.6 Å². The van der Waals surface area contributed by atoms with Crippen LogP contribution in [0.25, 0.3) is 0 Å². The molecule has 0 aromatic carbocycles. The lowest BCUT2D eigenvalue weighted by atomic mass is 9.90. The summed E-state index contributed by atoms with van der Waals surface area (Å²) in [5.41, 5.74) is 7.32. The van der Waals surface area contributed by atoms with Crippen LogP contribution in [-0.4, -0.2) is 12.1 Å². The monoisotopic (exact) mass is 250 g/mol. The third-order valence-electron chi connectivity index (χ3n) is 3.52. The largest absolute Gasteiger partial charge is 0.481 e. The van der Waals surface area contributed by atoms with Gasteiger partial charge in [-0.15, -0.1) is 0 Å². The van der Waals surface area contributed by atoms with Gasteiger partial charge in [0.1, 0.15) is 0 Å². The first-order valence-corrected chi connectivity index (χ1v) is 6.97. The first kappa shape index (κ1) is 15.0. The molecule has 0 bridgehead atoms. The molecule has 0 saturated carbocycles. The second kappa shape index (κ2) is 8.09. The fourth-order valence-electron chi connectivity index (χ4n) is 2.32. The summed E-state index contributed by atoms with van der Waals surface area (Å²) in [7, 11) is 1.65. The summed E-state index contributed by atoms with van der Waals surface area (Å²) in [6, 6.07) is 3.96. The third kappa shape index (κ3) is 4.30. The summed E-state index contributed by atoms with van der Waals surface area (Å²) < 4.78 is 5.27. The van der Waals surface area contributed by atoms with E-state index in [2.05, 4.69) is 18.8 Å². The summed E-state index contributed by atoms with van der Waals surface area (Å²) in [6.45, 7) is 4.48.